The van der Waals surface area contributed by atoms with E-state index in [0.29, 0.717) is 29.0 Å². The van der Waals surface area contributed by atoms with Gasteiger partial charge in [0, 0.05) is 30.1 Å². The van der Waals surface area contributed by atoms with Crippen LogP contribution in [0.3, 0.4) is 0 Å². The molecule has 0 spiro atoms. The molecule has 1 aliphatic heterocycles. The molecule has 1 aliphatic carbocycles. The fourth-order valence-corrected chi connectivity index (χ4v) is 3.96. The van der Waals surface area contributed by atoms with E-state index in [0.717, 1.165) is 6.34 Å². The number of nitrogens with zero attached hydrogens (tertiary/aromatic N) is 2. The number of aromatic nitrogens is 2. The van der Waals surface area contributed by atoms with Crippen LogP contribution in [0.25, 0.3) is 10.8 Å². The Morgan fingerprint density at radius 2 is 2.25 bits per heavy atom. The minimum atomic E-state index is -0.540. The zero-order chi connectivity index (χ0) is 19.8. The van der Waals surface area contributed by atoms with Crippen molar-refractivity contribution in [2.75, 3.05) is 12.4 Å². The van der Waals surface area contributed by atoms with Crippen LogP contribution in [0.4, 0.5) is 14.5 Å². The number of rotatable bonds is 3. The molecule has 9 heteroatoms. The number of aliphatic imine (C=N–C) groups is 1. The van der Waals surface area contributed by atoms with Gasteiger partial charge in [0.2, 0.25) is 0 Å². The second-order valence-corrected chi connectivity index (χ2v) is 6.70. The molecule has 144 valence electrons. The summed E-state index contributed by atoms with van der Waals surface area (Å²) in [5.41, 5.74) is 0.487. The van der Waals surface area contributed by atoms with Gasteiger partial charge >= 0.3 is 0 Å². The molecule has 28 heavy (non-hydrogen) atoms. The number of halogens is 2. The van der Waals surface area contributed by atoms with Gasteiger partial charge in [-0.05, 0) is 30.7 Å². The molecule has 2 aromatic rings. The topological polar surface area (TPSA) is 106 Å². The highest BCUT2D eigenvalue weighted by Gasteiger charge is 2.39. The lowest BCUT2D eigenvalue weighted by molar-refractivity contribution is 0.483. The van der Waals surface area contributed by atoms with Crippen LogP contribution in [-0.4, -0.2) is 35.5 Å². The van der Waals surface area contributed by atoms with Gasteiger partial charge in [0.1, 0.15) is 23.8 Å². The molecule has 1 aromatic heterocycles. The van der Waals surface area contributed by atoms with Crippen LogP contribution < -0.4 is 16.2 Å². The van der Waals surface area contributed by atoms with E-state index in [-0.39, 0.29) is 23.2 Å². The van der Waals surface area contributed by atoms with Gasteiger partial charge in [-0.2, -0.15) is 5.10 Å². The quantitative estimate of drug-likeness (QED) is 0.482. The Bertz CT molecular complexity index is 1100. The molecule has 0 saturated heterocycles. The molecular formula is C19H18F2N6O. The van der Waals surface area contributed by atoms with Crippen molar-refractivity contribution in [2.24, 2.45) is 10.9 Å². The molecular weight excluding hydrogens is 366 g/mol. The van der Waals surface area contributed by atoms with Crippen LogP contribution in [0.5, 0.6) is 0 Å². The van der Waals surface area contributed by atoms with Crippen LogP contribution in [0.1, 0.15) is 18.0 Å². The van der Waals surface area contributed by atoms with Crippen molar-refractivity contribution >= 4 is 28.6 Å². The summed E-state index contributed by atoms with van der Waals surface area (Å²) in [6.45, 7) is 0. The number of likely N-dealkylation sites (N-methyl/N-ethyl adjacent to an activating group) is 1. The van der Waals surface area contributed by atoms with E-state index >= 15 is 0 Å². The van der Waals surface area contributed by atoms with Gasteiger partial charge in [-0.25, -0.2) is 18.9 Å². The predicted molar refractivity (Wildman–Crippen MR) is 104 cm³/mol. The third-order valence-electron chi connectivity index (χ3n) is 5.16. The number of amidine groups is 1. The molecule has 4 rings (SSSR count). The first-order valence-electron chi connectivity index (χ1n) is 8.80. The van der Waals surface area contributed by atoms with Crippen molar-refractivity contribution in [3.63, 3.8) is 0 Å². The van der Waals surface area contributed by atoms with Crippen LogP contribution >= 0.6 is 0 Å². The molecule has 0 radical (unpaired) electrons. The lowest BCUT2D eigenvalue weighted by Gasteiger charge is -2.38. The summed E-state index contributed by atoms with van der Waals surface area (Å²) in [6.07, 6.45) is 6.01. The van der Waals surface area contributed by atoms with Gasteiger partial charge in [0.25, 0.3) is 5.56 Å². The highest BCUT2D eigenvalue weighted by atomic mass is 19.1. The Labute approximate surface area is 158 Å². The normalized spacial score (nSPS) is 23.9. The molecule has 7 nitrogen and oxygen atoms in total. The Morgan fingerprint density at radius 1 is 1.43 bits per heavy atom. The van der Waals surface area contributed by atoms with E-state index in [1.54, 1.807) is 13.1 Å². The predicted octanol–water partition coefficient (Wildman–Crippen LogP) is 2.59. The molecule has 2 unspecified atom stereocenters. The van der Waals surface area contributed by atoms with E-state index in [9.17, 15) is 13.6 Å². The van der Waals surface area contributed by atoms with Crippen LogP contribution in [0.2, 0.25) is 0 Å². The number of hydrogen-bond acceptors (Lipinski definition) is 4. The molecule has 4 N–H and O–H groups in total. The van der Waals surface area contributed by atoms with Crippen LogP contribution in [0.15, 0.2) is 46.0 Å². The highest BCUT2D eigenvalue weighted by Crippen LogP contribution is 2.41. The van der Waals surface area contributed by atoms with Gasteiger partial charge in [-0.3, -0.25) is 10.2 Å². The zero-order valence-corrected chi connectivity index (χ0v) is 15.0. The molecule has 0 saturated carbocycles. The van der Waals surface area contributed by atoms with E-state index in [2.05, 4.69) is 25.8 Å². The second kappa shape index (κ2) is 6.99. The molecule has 1 aromatic carbocycles. The Kier molecular flexibility index (Phi) is 4.50. The maximum absolute atomic E-state index is 14.1. The first-order valence-corrected chi connectivity index (χ1v) is 8.80. The minimum Gasteiger partial charge on any atom is -0.380 e. The SMILES string of the molecule is CN/C(=N\C=N)C1c2n[nH]c(=O)c3cc(F)cc(c23)N[C@@H]1C1C=CC(F)=CC1. The van der Waals surface area contributed by atoms with Crippen molar-refractivity contribution < 1.29 is 8.78 Å². The maximum Gasteiger partial charge on any atom is 0.272 e. The second-order valence-electron chi connectivity index (χ2n) is 6.70. The summed E-state index contributed by atoms with van der Waals surface area (Å²) in [5.74, 6) is -0.975. The van der Waals surface area contributed by atoms with Crippen molar-refractivity contribution in [3.05, 3.63) is 58.1 Å². The van der Waals surface area contributed by atoms with Crippen molar-refractivity contribution in [3.8, 4) is 0 Å². The van der Waals surface area contributed by atoms with Gasteiger partial charge in [-0.1, -0.05) is 6.08 Å². The Hall–Kier alpha value is -3.36. The van der Waals surface area contributed by atoms with Gasteiger partial charge in [-0.15, -0.1) is 0 Å². The molecule has 0 amide bonds. The van der Waals surface area contributed by atoms with Gasteiger partial charge in [0.05, 0.1) is 17.0 Å². The van der Waals surface area contributed by atoms with Crippen molar-refractivity contribution in [2.45, 2.75) is 18.4 Å². The standard InChI is InChI=1S/C19H18F2N6O/c1-23-18(24-8-22)15-16(9-2-4-10(20)5-3-9)25-13-7-11(21)6-12-14(13)17(15)26-27-19(12)28/h2,4-9,15-16,25H,3H2,1H3,(H,27,28)(H2,22,23,24)/t9?,15?,16-/m1/s1. The summed E-state index contributed by atoms with van der Waals surface area (Å²) in [7, 11) is 1.68. The van der Waals surface area contributed by atoms with Crippen LogP contribution in [-0.2, 0) is 0 Å². The highest BCUT2D eigenvalue weighted by molar-refractivity contribution is 6.03. The Morgan fingerprint density at radius 3 is 2.93 bits per heavy atom. The van der Waals surface area contributed by atoms with Gasteiger partial charge < -0.3 is 10.6 Å². The first kappa shape index (κ1) is 18.0. The summed E-state index contributed by atoms with van der Waals surface area (Å²) < 4.78 is 27.6. The summed E-state index contributed by atoms with van der Waals surface area (Å²) >= 11 is 0. The summed E-state index contributed by atoms with van der Waals surface area (Å²) in [4.78, 5) is 16.3. The number of benzene rings is 1. The van der Waals surface area contributed by atoms with Crippen molar-refractivity contribution in [1.29, 1.82) is 5.41 Å². The third kappa shape index (κ3) is 2.88. The van der Waals surface area contributed by atoms with Crippen LogP contribution in [0, 0.1) is 17.1 Å². The zero-order valence-electron chi connectivity index (χ0n) is 15.0. The van der Waals surface area contributed by atoms with E-state index in [1.807, 2.05) is 0 Å². The molecule has 0 bridgehead atoms. The lowest BCUT2D eigenvalue weighted by Crippen LogP contribution is -2.45. The summed E-state index contributed by atoms with van der Waals surface area (Å²) in [5, 5.41) is 21.1. The third-order valence-corrected chi connectivity index (χ3v) is 5.16. The average molecular weight is 384 g/mol. The Balaban J connectivity index is 1.95. The molecule has 2 heterocycles. The average Bonchev–Trinajstić information content (AvgIpc) is 2.69. The summed E-state index contributed by atoms with van der Waals surface area (Å²) in [6, 6.07) is 2.15. The smallest absolute Gasteiger partial charge is 0.272 e. The fourth-order valence-electron chi connectivity index (χ4n) is 3.96. The van der Waals surface area contributed by atoms with Crippen molar-refractivity contribution in [1.82, 2.24) is 15.5 Å². The monoisotopic (exact) mass is 384 g/mol. The lowest BCUT2D eigenvalue weighted by atomic mass is 9.78. The molecule has 2 aliphatic rings. The van der Waals surface area contributed by atoms with E-state index in [1.165, 1.54) is 24.3 Å². The molecule has 0 fully saturated rings. The first-order chi connectivity index (χ1) is 13.5. The van der Waals surface area contributed by atoms with E-state index in [4.69, 9.17) is 5.41 Å². The number of H-pyrrole nitrogens is 1. The number of nitrogens with one attached hydrogen (secondary N) is 4. The number of hydrogen-bond donors (Lipinski definition) is 4. The fraction of sp³-hybridized carbons (Fsp3) is 0.263. The number of allylic oxidation sites excluding steroid dienone is 3. The molecule has 3 atom stereocenters. The minimum absolute atomic E-state index is 0.131. The van der Waals surface area contributed by atoms with Gasteiger partial charge in [0.15, 0.2) is 0 Å². The number of anilines is 1. The maximum atomic E-state index is 14.1. The number of aromatic amines is 1. The largest absolute Gasteiger partial charge is 0.380 e. The van der Waals surface area contributed by atoms with E-state index < -0.39 is 17.3 Å².